The molecule has 3 nitrogen and oxygen atoms in total. The van der Waals surface area contributed by atoms with Gasteiger partial charge in [0.05, 0.1) is 11.3 Å². The fourth-order valence-corrected chi connectivity index (χ4v) is 9.46. The number of furan rings is 1. The molecule has 1 atom stereocenters. The molecule has 7 aromatic rings. The van der Waals surface area contributed by atoms with Crippen LogP contribution in [0.2, 0.25) is 17.3 Å². The minimum Gasteiger partial charge on any atom is -0.501 e. The van der Waals surface area contributed by atoms with Crippen LogP contribution >= 0.6 is 0 Å². The number of para-hydroxylation sites is 2. The van der Waals surface area contributed by atoms with Crippen molar-refractivity contribution in [1.82, 2.24) is 4.98 Å². The fourth-order valence-electron chi connectivity index (χ4n) is 6.53. The summed E-state index contributed by atoms with van der Waals surface area (Å²) in [4.78, 5) is 9.60. The minimum atomic E-state index is -2.36. The van der Waals surface area contributed by atoms with Gasteiger partial charge in [0, 0.05) is 31.4 Å². The number of nitrogens with zero attached hydrogens (tertiary/aromatic N) is 2. The second kappa shape index (κ2) is 14.9. The van der Waals surface area contributed by atoms with Crippen LogP contribution < -0.4 is 4.40 Å². The third-order valence-electron chi connectivity index (χ3n) is 8.80. The van der Waals surface area contributed by atoms with Gasteiger partial charge in [0.25, 0.3) is 0 Å². The molecule has 51 heavy (non-hydrogen) atoms. The van der Waals surface area contributed by atoms with E-state index in [1.807, 2.05) is 69.4 Å². The molecule has 8 rings (SSSR count). The van der Waals surface area contributed by atoms with Gasteiger partial charge in [-0.2, -0.15) is 0 Å². The summed E-state index contributed by atoms with van der Waals surface area (Å²) in [5.74, 6) is 6.77. The molecular formula is C46H44GeIrN2O-2. The Morgan fingerprint density at radius 1 is 0.863 bits per heavy atom. The van der Waals surface area contributed by atoms with E-state index in [1.54, 1.807) is 12.1 Å². The first kappa shape index (κ1) is 30.5. The Kier molecular flexibility index (Phi) is 8.90. The molecule has 259 valence electrons. The van der Waals surface area contributed by atoms with Crippen LogP contribution in [-0.2, 0) is 26.5 Å². The van der Waals surface area contributed by atoms with E-state index in [9.17, 15) is 0 Å². The van der Waals surface area contributed by atoms with Crippen LogP contribution in [-0.4, -0.2) is 24.0 Å². The number of aliphatic imine (C=N–C) groups is 1. The summed E-state index contributed by atoms with van der Waals surface area (Å²) in [6.45, 7) is 3.55. The third-order valence-corrected chi connectivity index (χ3v) is 13.0. The molecule has 5 heteroatoms. The average molecular weight is 911 g/mol. The molecular weight excluding hydrogens is 861 g/mol. The Labute approximate surface area is 326 Å². The molecule has 2 aromatic heterocycles. The molecule has 5 aromatic carbocycles. The van der Waals surface area contributed by atoms with Crippen LogP contribution in [0.1, 0.15) is 61.4 Å². The molecule has 1 radical (unpaired) electrons. The van der Waals surface area contributed by atoms with Gasteiger partial charge in [-0.3, -0.25) is 4.99 Å². The SMILES string of the molecule is [2H]C([2H])([2H])c1c[c-]c(-c2cc(C([2H])([2H])C(C)(C)C)[c]([Ge]([CH3])([CH3])[CH3])cn2)cc1.[Ir].[c-]1ccc2c(oc3ccccc32)c1C1=Nc2ccccc2C1c1ccccc1. The minimum absolute atomic E-state index is 0. The zero-order valence-corrected chi connectivity index (χ0v) is 34.3. The zero-order chi connectivity index (χ0) is 39.3. The molecule has 0 saturated carbocycles. The van der Waals surface area contributed by atoms with Crippen molar-refractivity contribution in [1.29, 1.82) is 0 Å². The van der Waals surface area contributed by atoms with E-state index in [0.717, 1.165) is 43.3 Å². The van der Waals surface area contributed by atoms with E-state index in [-0.39, 0.29) is 31.6 Å². The second-order valence-corrected chi connectivity index (χ2v) is 25.4. The Balaban J connectivity index is 0.000000187. The summed E-state index contributed by atoms with van der Waals surface area (Å²) in [5.41, 5.74) is 8.82. The Hall–Kier alpha value is -4.09. The molecule has 1 aliphatic rings. The molecule has 3 heterocycles. The van der Waals surface area contributed by atoms with Crippen molar-refractivity contribution in [2.45, 2.75) is 57.2 Å². The Morgan fingerprint density at radius 2 is 1.61 bits per heavy atom. The first-order valence-electron chi connectivity index (χ1n) is 19.5. The molecule has 0 aliphatic carbocycles. The Morgan fingerprint density at radius 3 is 2.33 bits per heavy atom. The second-order valence-electron chi connectivity index (χ2n) is 14.8. The van der Waals surface area contributed by atoms with Crippen molar-refractivity contribution >= 4 is 51.0 Å². The number of aryl methyl sites for hydroxylation is 1. The number of benzene rings is 5. The first-order valence-corrected chi connectivity index (χ1v) is 24.4. The molecule has 0 saturated heterocycles. The quantitative estimate of drug-likeness (QED) is 0.127. The summed E-state index contributed by atoms with van der Waals surface area (Å²) in [6, 6.07) is 44.1. The number of aromatic nitrogens is 1. The maximum absolute atomic E-state index is 8.80. The van der Waals surface area contributed by atoms with Gasteiger partial charge in [-0.1, -0.05) is 77.7 Å². The molecule has 0 amide bonds. The predicted octanol–water partition coefficient (Wildman–Crippen LogP) is 11.6. The molecule has 1 aliphatic heterocycles. The number of rotatable bonds is 5. The van der Waals surface area contributed by atoms with Gasteiger partial charge in [0.15, 0.2) is 0 Å². The van der Waals surface area contributed by atoms with E-state index in [1.165, 1.54) is 17.2 Å². The van der Waals surface area contributed by atoms with Gasteiger partial charge < -0.3 is 4.42 Å². The summed E-state index contributed by atoms with van der Waals surface area (Å²) in [6.07, 6.45) is 0.303. The van der Waals surface area contributed by atoms with Crippen LogP contribution in [0.4, 0.5) is 5.69 Å². The van der Waals surface area contributed by atoms with Crippen LogP contribution in [0, 0.1) is 24.4 Å². The number of fused-ring (bicyclic) bond motifs is 4. The van der Waals surface area contributed by atoms with Crippen LogP contribution in [0.25, 0.3) is 33.2 Å². The van der Waals surface area contributed by atoms with Gasteiger partial charge in [-0.25, -0.2) is 0 Å². The fraction of sp³-hybridized carbons (Fsp3) is 0.217. The molecule has 0 bridgehead atoms. The van der Waals surface area contributed by atoms with E-state index in [2.05, 4.69) is 89.0 Å². The maximum atomic E-state index is 8.80. The molecule has 0 N–H and O–H groups in total. The van der Waals surface area contributed by atoms with Gasteiger partial charge in [-0.05, 0) is 29.0 Å². The van der Waals surface area contributed by atoms with E-state index >= 15 is 0 Å². The van der Waals surface area contributed by atoms with E-state index < -0.39 is 31.9 Å². The third kappa shape index (κ3) is 7.89. The van der Waals surface area contributed by atoms with E-state index in [4.69, 9.17) is 16.3 Å². The van der Waals surface area contributed by atoms with Gasteiger partial charge in [0.2, 0.25) is 0 Å². The van der Waals surface area contributed by atoms with Crippen molar-refractivity contribution in [3.63, 3.8) is 0 Å². The van der Waals surface area contributed by atoms with Gasteiger partial charge >= 0.3 is 145 Å². The van der Waals surface area contributed by atoms with Crippen molar-refractivity contribution in [3.05, 3.63) is 161 Å². The summed E-state index contributed by atoms with van der Waals surface area (Å²) in [5, 5.41) is 2.23. The van der Waals surface area contributed by atoms with Crippen LogP contribution in [0.3, 0.4) is 0 Å². The van der Waals surface area contributed by atoms with Gasteiger partial charge in [0.1, 0.15) is 5.58 Å². The number of hydrogen-bond acceptors (Lipinski definition) is 3. The number of hydrogen-bond donors (Lipinski definition) is 0. The molecule has 1 unspecified atom stereocenters. The summed E-state index contributed by atoms with van der Waals surface area (Å²) < 4.78 is 47.4. The van der Waals surface area contributed by atoms with Crippen molar-refractivity contribution in [3.8, 4) is 11.3 Å². The van der Waals surface area contributed by atoms with Crippen molar-refractivity contribution in [2.75, 3.05) is 0 Å². The molecule has 0 fully saturated rings. The smallest absolute Gasteiger partial charge is 0.120 e. The van der Waals surface area contributed by atoms with Gasteiger partial charge in [-0.15, -0.1) is 18.2 Å². The first-order chi connectivity index (χ1) is 25.9. The number of pyridine rings is 1. The molecule has 0 spiro atoms. The van der Waals surface area contributed by atoms with E-state index in [0.29, 0.717) is 16.8 Å². The van der Waals surface area contributed by atoms with Crippen molar-refractivity contribution < 1.29 is 31.4 Å². The maximum Gasteiger partial charge on any atom is 0.120 e. The van der Waals surface area contributed by atoms with Crippen molar-refractivity contribution in [2.24, 2.45) is 10.4 Å². The Bertz CT molecular complexity index is 2530. The monoisotopic (exact) mass is 912 g/mol. The van der Waals surface area contributed by atoms with Crippen LogP contribution in [0.15, 0.2) is 131 Å². The topological polar surface area (TPSA) is 38.4 Å². The largest absolute Gasteiger partial charge is 0.501 e. The zero-order valence-electron chi connectivity index (χ0n) is 34.8. The standard InChI is InChI=1S/C26H16NO.C20H28GeN.Ir/c1-2-9-17(10-3-1)24-20-12-4-6-15-22(20)27-25(24)21-14-8-13-19-18-11-5-7-16-23(18)28-26(19)21;1-15-8-10-16(11-9-15)19-12-17(13-20(2,3)4)18(14-22-19)21(5,6)7;/h1-13,15-16,24H;8-10,12,14H,13H2,1-7H3;/q2*-1;/i;1D3,13D2;. The predicted molar refractivity (Wildman–Crippen MR) is 213 cm³/mol. The normalized spacial score (nSPS) is 16.0. The summed E-state index contributed by atoms with van der Waals surface area (Å²) in [7, 11) is 0. The van der Waals surface area contributed by atoms with Crippen LogP contribution in [0.5, 0.6) is 0 Å². The summed E-state index contributed by atoms with van der Waals surface area (Å²) >= 11 is -2.36. The average Bonchev–Trinajstić information content (AvgIpc) is 3.73.